The first-order valence-electron chi connectivity index (χ1n) is 9.46. The van der Waals surface area contributed by atoms with Crippen LogP contribution in [0.5, 0.6) is 0 Å². The van der Waals surface area contributed by atoms with Crippen molar-refractivity contribution in [2.45, 2.75) is 6.04 Å². The number of piperazine rings is 1. The number of nitrogens with two attached hydrogens (primary N) is 1. The second-order valence-electron chi connectivity index (χ2n) is 7.01. The summed E-state index contributed by atoms with van der Waals surface area (Å²) in [4.78, 5) is 32.9. The highest BCUT2D eigenvalue weighted by Gasteiger charge is 2.19. The molecule has 0 radical (unpaired) electrons. The van der Waals surface area contributed by atoms with Crippen molar-refractivity contribution < 1.29 is 14.8 Å². The standard InChI is InChI=1S/C20H26N6O3/c1-25-8-10-26(11-9-25)18-7-6-16(13-22-18)14-2-4-15(5-3-14)19(27)23-17(12-21)20(28)24-29/h2-7,13,17,29H,8-12,21H2,1H3,(H,23,27)(H,24,28)/t17-/m0/s1. The zero-order valence-corrected chi connectivity index (χ0v) is 16.3. The molecule has 2 amide bonds. The third-order valence-corrected chi connectivity index (χ3v) is 5.02. The van der Waals surface area contributed by atoms with Crippen molar-refractivity contribution in [2.75, 3.05) is 44.7 Å². The molecule has 29 heavy (non-hydrogen) atoms. The van der Waals surface area contributed by atoms with Crippen molar-refractivity contribution >= 4 is 17.6 Å². The highest BCUT2D eigenvalue weighted by molar-refractivity contribution is 5.97. The fraction of sp³-hybridized carbons (Fsp3) is 0.350. The summed E-state index contributed by atoms with van der Waals surface area (Å²) >= 11 is 0. The molecule has 2 heterocycles. The van der Waals surface area contributed by atoms with Crippen molar-refractivity contribution in [2.24, 2.45) is 5.73 Å². The quantitative estimate of drug-likeness (QED) is 0.401. The fourth-order valence-corrected chi connectivity index (χ4v) is 3.14. The van der Waals surface area contributed by atoms with Gasteiger partial charge in [-0.2, -0.15) is 0 Å². The van der Waals surface area contributed by atoms with Gasteiger partial charge >= 0.3 is 0 Å². The molecule has 1 atom stereocenters. The molecule has 1 saturated heterocycles. The summed E-state index contributed by atoms with van der Waals surface area (Å²) in [6.07, 6.45) is 1.83. The molecule has 9 heteroatoms. The number of benzene rings is 1. The van der Waals surface area contributed by atoms with E-state index in [1.54, 1.807) is 12.1 Å². The molecule has 3 rings (SSSR count). The van der Waals surface area contributed by atoms with Crippen molar-refractivity contribution in [1.29, 1.82) is 0 Å². The van der Waals surface area contributed by atoms with Gasteiger partial charge in [0.1, 0.15) is 11.9 Å². The predicted octanol–water partition coefficient (Wildman–Crippen LogP) is 0.0629. The highest BCUT2D eigenvalue weighted by atomic mass is 16.5. The van der Waals surface area contributed by atoms with E-state index in [1.165, 1.54) is 5.48 Å². The summed E-state index contributed by atoms with van der Waals surface area (Å²) in [6, 6.07) is 10.0. The van der Waals surface area contributed by atoms with Crippen LogP contribution in [0, 0.1) is 0 Å². The Kier molecular flexibility index (Phi) is 6.76. The van der Waals surface area contributed by atoms with E-state index in [-0.39, 0.29) is 6.54 Å². The summed E-state index contributed by atoms with van der Waals surface area (Å²) in [5, 5.41) is 11.2. The van der Waals surface area contributed by atoms with Gasteiger partial charge in [0.2, 0.25) is 0 Å². The lowest BCUT2D eigenvalue weighted by atomic mass is 10.0. The topological polar surface area (TPSA) is 124 Å². The number of hydrogen-bond acceptors (Lipinski definition) is 7. The molecule has 1 aliphatic heterocycles. The summed E-state index contributed by atoms with van der Waals surface area (Å²) in [7, 11) is 2.12. The number of nitrogens with zero attached hydrogens (tertiary/aromatic N) is 3. The Bertz CT molecular complexity index is 832. The molecule has 0 bridgehead atoms. The average Bonchev–Trinajstić information content (AvgIpc) is 2.77. The molecule has 1 aromatic heterocycles. The minimum atomic E-state index is -1.00. The van der Waals surface area contributed by atoms with Crippen LogP contribution in [0.1, 0.15) is 10.4 Å². The minimum Gasteiger partial charge on any atom is -0.354 e. The highest BCUT2D eigenvalue weighted by Crippen LogP contribution is 2.22. The van der Waals surface area contributed by atoms with Crippen molar-refractivity contribution in [3.8, 4) is 11.1 Å². The third kappa shape index (κ3) is 5.08. The molecule has 1 aliphatic rings. The molecule has 1 aromatic carbocycles. The molecular formula is C20H26N6O3. The van der Waals surface area contributed by atoms with Crippen molar-refractivity contribution in [3.05, 3.63) is 48.2 Å². The minimum absolute atomic E-state index is 0.123. The van der Waals surface area contributed by atoms with Crippen LogP contribution in [0.25, 0.3) is 11.1 Å². The van der Waals surface area contributed by atoms with Crippen LogP contribution in [0.3, 0.4) is 0 Å². The van der Waals surface area contributed by atoms with E-state index in [0.29, 0.717) is 5.56 Å². The van der Waals surface area contributed by atoms with Crippen LogP contribution < -0.4 is 21.4 Å². The molecule has 0 unspecified atom stereocenters. The second-order valence-corrected chi connectivity index (χ2v) is 7.01. The van der Waals surface area contributed by atoms with Crippen LogP contribution in [0.15, 0.2) is 42.6 Å². The molecule has 0 aliphatic carbocycles. The number of anilines is 1. The Morgan fingerprint density at radius 1 is 1.10 bits per heavy atom. The van der Waals surface area contributed by atoms with Gasteiger partial charge in [-0.15, -0.1) is 0 Å². The second kappa shape index (κ2) is 9.46. The van der Waals surface area contributed by atoms with E-state index in [1.807, 2.05) is 30.5 Å². The number of rotatable bonds is 6. The van der Waals surface area contributed by atoms with Gasteiger partial charge in [0.25, 0.3) is 11.8 Å². The van der Waals surface area contributed by atoms with E-state index < -0.39 is 17.9 Å². The normalized spacial score (nSPS) is 15.6. The van der Waals surface area contributed by atoms with Gasteiger partial charge in [-0.3, -0.25) is 14.8 Å². The zero-order valence-electron chi connectivity index (χ0n) is 16.3. The summed E-state index contributed by atoms with van der Waals surface area (Å²) in [5.41, 5.74) is 9.21. The lowest BCUT2D eigenvalue weighted by Gasteiger charge is -2.33. The molecular weight excluding hydrogens is 372 g/mol. The zero-order chi connectivity index (χ0) is 20.8. The van der Waals surface area contributed by atoms with Gasteiger partial charge in [-0.1, -0.05) is 12.1 Å². The van der Waals surface area contributed by atoms with Crippen molar-refractivity contribution in [1.82, 2.24) is 20.7 Å². The Morgan fingerprint density at radius 2 is 1.76 bits per heavy atom. The number of hydrogen-bond donors (Lipinski definition) is 4. The Labute approximate surface area is 169 Å². The maximum atomic E-state index is 12.3. The van der Waals surface area contributed by atoms with E-state index in [9.17, 15) is 9.59 Å². The van der Waals surface area contributed by atoms with Crippen LogP contribution in [0.4, 0.5) is 5.82 Å². The van der Waals surface area contributed by atoms with Gasteiger partial charge in [-0.25, -0.2) is 10.5 Å². The summed E-state index contributed by atoms with van der Waals surface area (Å²) in [6.45, 7) is 3.85. The van der Waals surface area contributed by atoms with Gasteiger partial charge in [0.05, 0.1) is 0 Å². The molecule has 154 valence electrons. The van der Waals surface area contributed by atoms with Gasteiger partial charge in [-0.05, 0) is 36.9 Å². The Balaban J connectivity index is 1.65. The number of carbonyl (C=O) groups is 2. The van der Waals surface area contributed by atoms with E-state index in [0.717, 1.165) is 43.1 Å². The smallest absolute Gasteiger partial charge is 0.267 e. The first-order chi connectivity index (χ1) is 14.0. The molecule has 0 saturated carbocycles. The van der Waals surface area contributed by atoms with Crippen LogP contribution in [-0.4, -0.2) is 72.7 Å². The molecule has 1 fully saturated rings. The molecule has 0 spiro atoms. The number of likely N-dealkylation sites (N-methyl/N-ethyl adjacent to an activating group) is 1. The predicted molar refractivity (Wildman–Crippen MR) is 110 cm³/mol. The first kappa shape index (κ1) is 20.7. The maximum absolute atomic E-state index is 12.3. The molecule has 2 aromatic rings. The number of pyridine rings is 1. The molecule has 9 nitrogen and oxygen atoms in total. The Morgan fingerprint density at radius 3 is 2.31 bits per heavy atom. The fourth-order valence-electron chi connectivity index (χ4n) is 3.14. The number of hydroxylamine groups is 1. The number of amides is 2. The number of carbonyl (C=O) groups excluding carboxylic acids is 2. The van der Waals surface area contributed by atoms with Crippen LogP contribution in [0.2, 0.25) is 0 Å². The summed E-state index contributed by atoms with van der Waals surface area (Å²) in [5.74, 6) is -0.240. The van der Waals surface area contributed by atoms with Gasteiger partial charge in [0, 0.05) is 50.0 Å². The first-order valence-corrected chi connectivity index (χ1v) is 9.46. The monoisotopic (exact) mass is 398 g/mol. The van der Waals surface area contributed by atoms with E-state index in [4.69, 9.17) is 10.9 Å². The van der Waals surface area contributed by atoms with Gasteiger partial charge < -0.3 is 20.9 Å². The maximum Gasteiger partial charge on any atom is 0.267 e. The van der Waals surface area contributed by atoms with Crippen LogP contribution >= 0.6 is 0 Å². The van der Waals surface area contributed by atoms with Gasteiger partial charge in [0.15, 0.2) is 0 Å². The van der Waals surface area contributed by atoms with E-state index >= 15 is 0 Å². The Hall–Kier alpha value is -3.01. The van der Waals surface area contributed by atoms with Crippen LogP contribution in [-0.2, 0) is 4.79 Å². The number of aromatic nitrogens is 1. The summed E-state index contributed by atoms with van der Waals surface area (Å²) < 4.78 is 0. The lowest BCUT2D eigenvalue weighted by Crippen LogP contribution is -2.50. The number of nitrogens with one attached hydrogen (secondary N) is 2. The largest absolute Gasteiger partial charge is 0.354 e. The third-order valence-electron chi connectivity index (χ3n) is 5.02. The lowest BCUT2D eigenvalue weighted by molar-refractivity contribution is -0.130. The average molecular weight is 398 g/mol. The van der Waals surface area contributed by atoms with Crippen molar-refractivity contribution in [3.63, 3.8) is 0 Å². The SMILES string of the molecule is CN1CCN(c2ccc(-c3ccc(C(=O)N[C@@H](CN)C(=O)NO)cc3)cn2)CC1. The van der Waals surface area contributed by atoms with E-state index in [2.05, 4.69) is 27.1 Å². The molecule has 5 N–H and O–H groups in total.